The number of benzene rings is 4. The highest BCUT2D eigenvalue weighted by atomic mass is 19.4. The molecule has 0 saturated carbocycles. The maximum Gasteiger partial charge on any atom is 0.416 e. The third-order valence-electron chi connectivity index (χ3n) is 6.68. The molecule has 39 heavy (non-hydrogen) atoms. The van der Waals surface area contributed by atoms with Crippen LogP contribution in [0.25, 0.3) is 24.3 Å². The maximum absolute atomic E-state index is 12.7. The molecule has 0 saturated heterocycles. The molecule has 0 bridgehead atoms. The van der Waals surface area contributed by atoms with E-state index in [-0.39, 0.29) is 5.41 Å². The lowest BCUT2D eigenvalue weighted by molar-refractivity contribution is -0.138. The molecule has 0 atom stereocenters. The van der Waals surface area contributed by atoms with Gasteiger partial charge in [-0.25, -0.2) is 0 Å². The fourth-order valence-corrected chi connectivity index (χ4v) is 4.14. The second-order valence-electron chi connectivity index (χ2n) is 9.78. The monoisotopic (exact) mass is 536 g/mol. The molecule has 0 nitrogen and oxygen atoms in total. The minimum atomic E-state index is -4.35. The SMILES string of the molecule is CC(C)(c1ccc(C=Cc2ccc(C(F)(F)F)cc2)cc1)c1ccc(C=Cc2ccc(C(F)(F)F)cc2)cc1. The van der Waals surface area contributed by atoms with E-state index in [2.05, 4.69) is 13.8 Å². The Hall–Kier alpha value is -4.06. The van der Waals surface area contributed by atoms with Crippen LogP contribution in [0.5, 0.6) is 0 Å². The van der Waals surface area contributed by atoms with Crippen LogP contribution in [0.4, 0.5) is 26.3 Å². The number of alkyl halides is 6. The van der Waals surface area contributed by atoms with Crippen LogP contribution in [0.3, 0.4) is 0 Å². The smallest absolute Gasteiger partial charge is 0.166 e. The number of hydrogen-bond acceptors (Lipinski definition) is 0. The van der Waals surface area contributed by atoms with Gasteiger partial charge in [-0.1, -0.05) is 111 Å². The Morgan fingerprint density at radius 3 is 0.769 bits per heavy atom. The zero-order chi connectivity index (χ0) is 28.3. The molecule has 4 aromatic rings. The third kappa shape index (κ3) is 7.08. The standard InChI is InChI=1S/C33H26F6/c1-31(2,27-15-7-23(8-16-27)3-5-25-11-19-29(20-12-25)32(34,35)36)28-17-9-24(10-18-28)4-6-26-13-21-30(22-14-26)33(37,38)39/h3-22H,1-2H3. The van der Waals surface area contributed by atoms with Crippen molar-refractivity contribution in [2.45, 2.75) is 31.6 Å². The summed E-state index contributed by atoms with van der Waals surface area (Å²) in [6.07, 6.45) is -1.43. The summed E-state index contributed by atoms with van der Waals surface area (Å²) in [4.78, 5) is 0. The van der Waals surface area contributed by atoms with Gasteiger partial charge in [-0.15, -0.1) is 0 Å². The molecule has 0 amide bonds. The molecule has 0 N–H and O–H groups in total. The largest absolute Gasteiger partial charge is 0.416 e. The molecule has 0 radical (unpaired) electrons. The molecule has 0 fully saturated rings. The first-order valence-corrected chi connectivity index (χ1v) is 12.2. The molecule has 0 spiro atoms. The molecule has 0 aliphatic rings. The summed E-state index contributed by atoms with van der Waals surface area (Å²) in [5.41, 5.74) is 3.79. The minimum absolute atomic E-state index is 0.286. The summed E-state index contributed by atoms with van der Waals surface area (Å²) in [7, 11) is 0. The van der Waals surface area contributed by atoms with Gasteiger partial charge in [0.15, 0.2) is 0 Å². The lowest BCUT2D eigenvalue weighted by atomic mass is 9.78. The van der Waals surface area contributed by atoms with Crippen LogP contribution in [0.2, 0.25) is 0 Å². The second-order valence-corrected chi connectivity index (χ2v) is 9.78. The first-order valence-electron chi connectivity index (χ1n) is 12.2. The van der Waals surface area contributed by atoms with Crippen molar-refractivity contribution in [3.8, 4) is 0 Å². The van der Waals surface area contributed by atoms with Crippen molar-refractivity contribution in [2.24, 2.45) is 0 Å². The Bertz CT molecular complexity index is 1320. The summed E-state index contributed by atoms with van der Waals surface area (Å²) in [5, 5.41) is 0. The Morgan fingerprint density at radius 1 is 0.359 bits per heavy atom. The van der Waals surface area contributed by atoms with E-state index < -0.39 is 23.5 Å². The summed E-state index contributed by atoms with van der Waals surface area (Å²) >= 11 is 0. The molecule has 4 aromatic carbocycles. The van der Waals surface area contributed by atoms with Gasteiger partial charge < -0.3 is 0 Å². The highest BCUT2D eigenvalue weighted by Crippen LogP contribution is 2.33. The van der Waals surface area contributed by atoms with Gasteiger partial charge in [-0.3, -0.25) is 0 Å². The normalized spacial score (nSPS) is 12.9. The van der Waals surface area contributed by atoms with Crippen molar-refractivity contribution in [1.82, 2.24) is 0 Å². The van der Waals surface area contributed by atoms with E-state index >= 15 is 0 Å². The fourth-order valence-electron chi connectivity index (χ4n) is 4.14. The summed E-state index contributed by atoms with van der Waals surface area (Å²) < 4.78 is 76.4. The van der Waals surface area contributed by atoms with E-state index in [1.807, 2.05) is 60.7 Å². The molecule has 0 heterocycles. The van der Waals surface area contributed by atoms with Gasteiger partial charge in [0.1, 0.15) is 0 Å². The average molecular weight is 537 g/mol. The van der Waals surface area contributed by atoms with E-state index in [4.69, 9.17) is 0 Å². The van der Waals surface area contributed by atoms with Crippen molar-refractivity contribution in [2.75, 3.05) is 0 Å². The van der Waals surface area contributed by atoms with Crippen LogP contribution in [0, 0.1) is 0 Å². The van der Waals surface area contributed by atoms with Gasteiger partial charge >= 0.3 is 12.4 Å². The van der Waals surface area contributed by atoms with Crippen LogP contribution in [-0.4, -0.2) is 0 Å². The van der Waals surface area contributed by atoms with E-state index in [1.165, 1.54) is 24.3 Å². The molecule has 0 unspecified atom stereocenters. The van der Waals surface area contributed by atoms with E-state index in [0.29, 0.717) is 11.1 Å². The lowest BCUT2D eigenvalue weighted by Crippen LogP contribution is -2.18. The van der Waals surface area contributed by atoms with Crippen molar-refractivity contribution in [3.63, 3.8) is 0 Å². The zero-order valence-electron chi connectivity index (χ0n) is 21.3. The van der Waals surface area contributed by atoms with Crippen LogP contribution in [0.15, 0.2) is 97.1 Å². The van der Waals surface area contributed by atoms with Gasteiger partial charge in [-0.2, -0.15) is 26.3 Å². The number of rotatable bonds is 6. The Labute approximate surface area is 224 Å². The van der Waals surface area contributed by atoms with Crippen LogP contribution in [0.1, 0.15) is 58.4 Å². The minimum Gasteiger partial charge on any atom is -0.166 e. The van der Waals surface area contributed by atoms with Crippen molar-refractivity contribution < 1.29 is 26.3 Å². The number of hydrogen-bond donors (Lipinski definition) is 0. The Kier molecular flexibility index (Phi) is 7.86. The predicted molar refractivity (Wildman–Crippen MR) is 146 cm³/mol. The molecule has 200 valence electrons. The van der Waals surface area contributed by atoms with Crippen LogP contribution < -0.4 is 0 Å². The Morgan fingerprint density at radius 2 is 0.564 bits per heavy atom. The van der Waals surface area contributed by atoms with Crippen LogP contribution >= 0.6 is 0 Å². The van der Waals surface area contributed by atoms with Crippen molar-refractivity contribution in [3.05, 3.63) is 142 Å². The van der Waals surface area contributed by atoms with Gasteiger partial charge in [0.2, 0.25) is 0 Å². The fraction of sp³-hybridized carbons (Fsp3) is 0.152. The predicted octanol–water partition coefficient (Wildman–Crippen LogP) is 10.4. The quantitative estimate of drug-likeness (QED) is 0.170. The second kappa shape index (κ2) is 11.0. The molecule has 4 rings (SSSR count). The Balaban J connectivity index is 1.42. The third-order valence-corrected chi connectivity index (χ3v) is 6.68. The highest BCUT2D eigenvalue weighted by molar-refractivity contribution is 5.71. The average Bonchev–Trinajstić information content (AvgIpc) is 2.91. The van der Waals surface area contributed by atoms with Crippen molar-refractivity contribution in [1.29, 1.82) is 0 Å². The summed E-state index contributed by atoms with van der Waals surface area (Å²) in [6.45, 7) is 4.24. The van der Waals surface area contributed by atoms with Crippen molar-refractivity contribution >= 4 is 24.3 Å². The molecule has 0 aromatic heterocycles. The maximum atomic E-state index is 12.7. The van der Waals surface area contributed by atoms with Gasteiger partial charge in [0, 0.05) is 5.41 Å². The first-order chi connectivity index (χ1) is 18.3. The van der Waals surface area contributed by atoms with E-state index in [9.17, 15) is 26.3 Å². The first kappa shape index (κ1) is 28.0. The van der Waals surface area contributed by atoms with Gasteiger partial charge in [0.05, 0.1) is 11.1 Å². The van der Waals surface area contributed by atoms with Gasteiger partial charge in [-0.05, 0) is 57.6 Å². The van der Waals surface area contributed by atoms with Gasteiger partial charge in [0.25, 0.3) is 0 Å². The topological polar surface area (TPSA) is 0 Å². The molecular formula is C33H26F6. The number of halogens is 6. The highest BCUT2D eigenvalue weighted by Gasteiger charge is 2.30. The molecular weight excluding hydrogens is 510 g/mol. The molecule has 6 heteroatoms. The molecule has 0 aliphatic carbocycles. The summed E-state index contributed by atoms with van der Waals surface area (Å²) in [6, 6.07) is 26.1. The van der Waals surface area contributed by atoms with Crippen LogP contribution in [-0.2, 0) is 17.8 Å². The zero-order valence-corrected chi connectivity index (χ0v) is 21.3. The van der Waals surface area contributed by atoms with E-state index in [1.54, 1.807) is 12.2 Å². The summed E-state index contributed by atoms with van der Waals surface area (Å²) in [5.74, 6) is 0. The van der Waals surface area contributed by atoms with E-state index in [0.717, 1.165) is 46.5 Å². The lowest BCUT2D eigenvalue weighted by Gasteiger charge is -2.26. The molecule has 0 aliphatic heterocycles.